The number of aliphatic hydroxyl groups excluding tert-OH is 1. The zero-order chi connectivity index (χ0) is 15.1. The largest absolute Gasteiger partial charge is 0.496 e. The molecule has 0 aliphatic rings. The van der Waals surface area contributed by atoms with Gasteiger partial charge in [0, 0.05) is 31.5 Å². The third-order valence-corrected chi connectivity index (χ3v) is 3.17. The lowest BCUT2D eigenvalue weighted by Gasteiger charge is -2.30. The highest BCUT2D eigenvalue weighted by atomic mass is 16.5. The molecule has 0 aromatic heterocycles. The van der Waals surface area contributed by atoms with Gasteiger partial charge in [-0.1, -0.05) is 19.9 Å². The van der Waals surface area contributed by atoms with Gasteiger partial charge in [0.25, 0.3) is 0 Å². The van der Waals surface area contributed by atoms with Gasteiger partial charge in [-0.3, -0.25) is 0 Å². The number of rotatable bonds is 8. The lowest BCUT2D eigenvalue weighted by Crippen LogP contribution is -2.32. The maximum Gasteiger partial charge on any atom is 0.126 e. The summed E-state index contributed by atoms with van der Waals surface area (Å²) in [6.07, 6.45) is -0.571. The quantitative estimate of drug-likeness (QED) is 0.795. The predicted octanol–water partition coefficient (Wildman–Crippen LogP) is 2.86. The average Bonchev–Trinajstić information content (AvgIpc) is 2.41. The first kappa shape index (κ1) is 16.8. The first-order chi connectivity index (χ1) is 9.51. The zero-order valence-electron chi connectivity index (χ0n) is 13.2. The third-order valence-electron chi connectivity index (χ3n) is 3.17. The van der Waals surface area contributed by atoms with E-state index in [1.807, 2.05) is 18.2 Å². The molecular formula is C16H27NO3. The van der Waals surface area contributed by atoms with Crippen LogP contribution in [0.2, 0.25) is 0 Å². The number of hydrogen-bond donors (Lipinski definition) is 1. The Hall–Kier alpha value is -1.26. The fraction of sp³-hybridized carbons (Fsp3) is 0.625. The Kier molecular flexibility index (Phi) is 6.82. The number of benzene rings is 1. The maximum atomic E-state index is 10.1. The van der Waals surface area contributed by atoms with Crippen LogP contribution in [0.5, 0.6) is 5.75 Å². The molecule has 0 saturated heterocycles. The van der Waals surface area contributed by atoms with Gasteiger partial charge >= 0.3 is 0 Å². The van der Waals surface area contributed by atoms with Crippen molar-refractivity contribution in [2.75, 3.05) is 38.8 Å². The van der Waals surface area contributed by atoms with E-state index < -0.39 is 6.10 Å². The highest BCUT2D eigenvalue weighted by molar-refractivity contribution is 5.60. The van der Waals surface area contributed by atoms with E-state index in [0.717, 1.165) is 30.1 Å². The molecule has 0 spiro atoms. The summed E-state index contributed by atoms with van der Waals surface area (Å²) in [4.78, 5) is 2.25. The average molecular weight is 281 g/mol. The molecule has 4 nitrogen and oxygen atoms in total. The van der Waals surface area contributed by atoms with Gasteiger partial charge in [0.15, 0.2) is 0 Å². The van der Waals surface area contributed by atoms with Crippen LogP contribution >= 0.6 is 0 Å². The minimum absolute atomic E-state index is 0.528. The number of nitrogens with zero attached hydrogens (tertiary/aromatic N) is 1. The minimum atomic E-state index is -0.571. The van der Waals surface area contributed by atoms with E-state index in [4.69, 9.17) is 9.47 Å². The van der Waals surface area contributed by atoms with Crippen molar-refractivity contribution in [2.24, 2.45) is 5.92 Å². The van der Waals surface area contributed by atoms with Crippen LogP contribution in [0.4, 0.5) is 5.69 Å². The highest BCUT2D eigenvalue weighted by Crippen LogP contribution is 2.34. The normalized spacial score (nSPS) is 12.6. The van der Waals surface area contributed by atoms with Crippen molar-refractivity contribution in [3.63, 3.8) is 0 Å². The van der Waals surface area contributed by atoms with E-state index in [0.29, 0.717) is 12.5 Å². The smallest absolute Gasteiger partial charge is 0.126 e. The van der Waals surface area contributed by atoms with Gasteiger partial charge in [-0.2, -0.15) is 0 Å². The van der Waals surface area contributed by atoms with Gasteiger partial charge in [-0.25, -0.2) is 0 Å². The number of aliphatic hydroxyl groups is 1. The Morgan fingerprint density at radius 1 is 1.20 bits per heavy atom. The van der Waals surface area contributed by atoms with Crippen molar-refractivity contribution in [2.45, 2.75) is 26.9 Å². The molecule has 20 heavy (non-hydrogen) atoms. The molecule has 0 saturated carbocycles. The molecule has 1 rings (SSSR count). The fourth-order valence-electron chi connectivity index (χ4n) is 2.36. The molecule has 1 aromatic carbocycles. The summed E-state index contributed by atoms with van der Waals surface area (Å²) in [7, 11) is 3.33. The summed E-state index contributed by atoms with van der Waals surface area (Å²) in [5.41, 5.74) is 1.86. The van der Waals surface area contributed by atoms with Crippen LogP contribution in [0.25, 0.3) is 0 Å². The molecule has 1 N–H and O–H groups in total. The first-order valence-corrected chi connectivity index (χ1v) is 7.10. The lowest BCUT2D eigenvalue weighted by atomic mass is 10.0. The Balaban J connectivity index is 3.16. The van der Waals surface area contributed by atoms with E-state index in [2.05, 4.69) is 18.7 Å². The monoisotopic (exact) mass is 281 g/mol. The van der Waals surface area contributed by atoms with Crippen LogP contribution < -0.4 is 9.64 Å². The van der Waals surface area contributed by atoms with Gasteiger partial charge < -0.3 is 19.5 Å². The topological polar surface area (TPSA) is 41.9 Å². The molecule has 0 aliphatic carbocycles. The van der Waals surface area contributed by atoms with E-state index in [1.54, 1.807) is 21.1 Å². The second-order valence-electron chi connectivity index (χ2n) is 5.40. The Labute approximate surface area is 122 Å². The molecule has 0 aliphatic heterocycles. The molecule has 1 aromatic rings. The Bertz CT molecular complexity index is 405. The summed E-state index contributed by atoms with van der Waals surface area (Å²) in [6, 6.07) is 5.87. The van der Waals surface area contributed by atoms with Crippen LogP contribution in [0.3, 0.4) is 0 Å². The fourth-order valence-corrected chi connectivity index (χ4v) is 2.36. The van der Waals surface area contributed by atoms with E-state index in [-0.39, 0.29) is 0 Å². The SMILES string of the molecule is COCCN(CC(C)C)c1cccc(OC)c1[C@H](C)O. The summed E-state index contributed by atoms with van der Waals surface area (Å²) in [6.45, 7) is 8.50. The van der Waals surface area contributed by atoms with Gasteiger partial charge in [0.1, 0.15) is 5.75 Å². The second-order valence-corrected chi connectivity index (χ2v) is 5.40. The van der Waals surface area contributed by atoms with Crippen molar-refractivity contribution in [1.82, 2.24) is 0 Å². The van der Waals surface area contributed by atoms with Crippen LogP contribution in [-0.2, 0) is 4.74 Å². The predicted molar refractivity (Wildman–Crippen MR) is 82.6 cm³/mol. The number of hydrogen-bond acceptors (Lipinski definition) is 4. The van der Waals surface area contributed by atoms with Crippen LogP contribution in [0, 0.1) is 5.92 Å². The molecule has 0 fully saturated rings. The Morgan fingerprint density at radius 3 is 2.40 bits per heavy atom. The first-order valence-electron chi connectivity index (χ1n) is 7.10. The molecule has 114 valence electrons. The van der Waals surface area contributed by atoms with Gasteiger partial charge in [-0.05, 0) is 25.0 Å². The van der Waals surface area contributed by atoms with E-state index in [1.165, 1.54) is 0 Å². The maximum absolute atomic E-state index is 10.1. The molecule has 0 unspecified atom stereocenters. The van der Waals surface area contributed by atoms with Crippen molar-refractivity contribution < 1.29 is 14.6 Å². The van der Waals surface area contributed by atoms with Crippen molar-refractivity contribution in [3.8, 4) is 5.75 Å². The molecule has 0 radical (unpaired) electrons. The van der Waals surface area contributed by atoms with Crippen LogP contribution in [-0.4, -0.2) is 39.0 Å². The van der Waals surface area contributed by atoms with Crippen molar-refractivity contribution in [3.05, 3.63) is 23.8 Å². The van der Waals surface area contributed by atoms with Gasteiger partial charge in [-0.15, -0.1) is 0 Å². The standard InChI is InChI=1S/C16H27NO3/c1-12(2)11-17(9-10-19-4)14-7-6-8-15(20-5)16(14)13(3)18/h6-8,12-13,18H,9-11H2,1-5H3/t13-/m0/s1. The molecule has 4 heteroatoms. The molecule has 0 heterocycles. The van der Waals surface area contributed by atoms with Crippen molar-refractivity contribution in [1.29, 1.82) is 0 Å². The Morgan fingerprint density at radius 2 is 1.90 bits per heavy atom. The summed E-state index contributed by atoms with van der Waals surface area (Å²) in [5, 5.41) is 10.1. The molecule has 1 atom stereocenters. The lowest BCUT2D eigenvalue weighted by molar-refractivity contribution is 0.192. The number of anilines is 1. The van der Waals surface area contributed by atoms with Gasteiger partial charge in [0.05, 0.1) is 19.8 Å². The second kappa shape index (κ2) is 8.12. The van der Waals surface area contributed by atoms with Crippen LogP contribution in [0.15, 0.2) is 18.2 Å². The van der Waals surface area contributed by atoms with Crippen LogP contribution in [0.1, 0.15) is 32.4 Å². The zero-order valence-corrected chi connectivity index (χ0v) is 13.2. The van der Waals surface area contributed by atoms with Gasteiger partial charge in [0.2, 0.25) is 0 Å². The minimum Gasteiger partial charge on any atom is -0.496 e. The van der Waals surface area contributed by atoms with E-state index in [9.17, 15) is 5.11 Å². The molecule has 0 amide bonds. The van der Waals surface area contributed by atoms with Crippen molar-refractivity contribution >= 4 is 5.69 Å². The summed E-state index contributed by atoms with van der Waals surface area (Å²) < 4.78 is 10.6. The number of ether oxygens (including phenoxy) is 2. The highest BCUT2D eigenvalue weighted by Gasteiger charge is 2.19. The summed E-state index contributed by atoms with van der Waals surface area (Å²) in [5.74, 6) is 1.25. The molecular weight excluding hydrogens is 254 g/mol. The summed E-state index contributed by atoms with van der Waals surface area (Å²) >= 11 is 0. The van der Waals surface area contributed by atoms with E-state index >= 15 is 0 Å². The number of methoxy groups -OCH3 is 2. The third kappa shape index (κ3) is 4.39. The molecule has 0 bridgehead atoms.